The second-order valence-electron chi connectivity index (χ2n) is 9.01. The highest BCUT2D eigenvalue weighted by Crippen LogP contribution is 2.36. The average molecular weight is 406 g/mol. The van der Waals surface area contributed by atoms with Gasteiger partial charge >= 0.3 is 0 Å². The zero-order valence-electron chi connectivity index (χ0n) is 17.6. The molecule has 0 radical (unpaired) electrons. The lowest BCUT2D eigenvalue weighted by Crippen LogP contribution is -2.42. The summed E-state index contributed by atoms with van der Waals surface area (Å²) in [7, 11) is 0. The van der Waals surface area contributed by atoms with Crippen LogP contribution in [0.2, 0.25) is 0 Å². The van der Waals surface area contributed by atoms with Gasteiger partial charge in [0.25, 0.3) is 0 Å². The molecule has 2 amide bonds. The van der Waals surface area contributed by atoms with Crippen LogP contribution >= 0.6 is 0 Å². The minimum atomic E-state index is -0.665. The van der Waals surface area contributed by atoms with E-state index in [2.05, 4.69) is 29.2 Å². The third-order valence-corrected chi connectivity index (χ3v) is 6.98. The van der Waals surface area contributed by atoms with Gasteiger partial charge in [0.15, 0.2) is 0 Å². The second-order valence-corrected chi connectivity index (χ2v) is 9.01. The fraction of sp³-hybridized carbons (Fsp3) is 0.480. The van der Waals surface area contributed by atoms with Gasteiger partial charge in [-0.25, -0.2) is 0 Å². The normalized spacial score (nSPS) is 21.8. The molecule has 2 aromatic rings. The molecule has 2 N–H and O–H groups in total. The molecule has 5 nitrogen and oxygen atoms in total. The van der Waals surface area contributed by atoms with Gasteiger partial charge in [-0.05, 0) is 54.0 Å². The second kappa shape index (κ2) is 8.99. The predicted octanol–water partition coefficient (Wildman–Crippen LogP) is 3.97. The Morgan fingerprint density at radius 1 is 1.03 bits per heavy atom. The van der Waals surface area contributed by atoms with Gasteiger partial charge in [0, 0.05) is 31.9 Å². The van der Waals surface area contributed by atoms with Crippen LogP contribution in [0.25, 0.3) is 11.1 Å². The number of nitrogens with two attached hydrogens (primary N) is 1. The van der Waals surface area contributed by atoms with Crippen LogP contribution < -0.4 is 5.73 Å². The lowest BCUT2D eigenvalue weighted by Gasteiger charge is -2.26. The average Bonchev–Trinajstić information content (AvgIpc) is 3.44. The summed E-state index contributed by atoms with van der Waals surface area (Å²) in [4.78, 5) is 31.1. The number of aromatic nitrogens is 1. The maximum atomic E-state index is 12.7. The molecule has 1 saturated carbocycles. The summed E-state index contributed by atoms with van der Waals surface area (Å²) in [5, 5.41) is 0. The minimum Gasteiger partial charge on any atom is -0.369 e. The van der Waals surface area contributed by atoms with Crippen molar-refractivity contribution in [2.75, 3.05) is 13.1 Å². The van der Waals surface area contributed by atoms with Gasteiger partial charge in [0.1, 0.15) is 0 Å². The van der Waals surface area contributed by atoms with E-state index in [0.29, 0.717) is 38.3 Å². The number of hydrogen-bond donors (Lipinski definition) is 1. The van der Waals surface area contributed by atoms with Gasteiger partial charge in [-0.3, -0.25) is 14.6 Å². The number of rotatable bonds is 7. The molecule has 2 heterocycles. The number of carbonyl (C=O) groups excluding carboxylic acids is 2. The lowest BCUT2D eigenvalue weighted by atomic mass is 9.80. The molecular weight excluding hydrogens is 374 g/mol. The smallest absolute Gasteiger partial charge is 0.225 e. The maximum Gasteiger partial charge on any atom is 0.225 e. The van der Waals surface area contributed by atoms with Crippen LogP contribution in [0.15, 0.2) is 48.8 Å². The number of likely N-dealkylation sites (tertiary alicyclic amines) is 1. The Morgan fingerprint density at radius 2 is 1.70 bits per heavy atom. The Bertz CT molecular complexity index is 875. The van der Waals surface area contributed by atoms with Gasteiger partial charge in [-0.15, -0.1) is 0 Å². The van der Waals surface area contributed by atoms with Crippen molar-refractivity contribution in [3.63, 3.8) is 0 Å². The third-order valence-electron chi connectivity index (χ3n) is 6.98. The van der Waals surface area contributed by atoms with Crippen molar-refractivity contribution in [2.45, 2.75) is 51.4 Å². The molecule has 0 bridgehead atoms. The fourth-order valence-electron chi connectivity index (χ4n) is 5.05. The number of carbonyl (C=O) groups is 2. The van der Waals surface area contributed by atoms with E-state index in [1.54, 1.807) is 12.4 Å². The zero-order valence-corrected chi connectivity index (χ0v) is 17.6. The number of benzene rings is 1. The number of hydrogen-bond acceptors (Lipinski definition) is 3. The van der Waals surface area contributed by atoms with E-state index in [0.717, 1.165) is 23.1 Å². The molecule has 158 valence electrons. The van der Waals surface area contributed by atoms with Gasteiger partial charge in [0.05, 0.1) is 5.41 Å². The Kier molecular flexibility index (Phi) is 6.16. The molecule has 0 spiro atoms. The molecule has 1 atom stereocenters. The first kappa shape index (κ1) is 20.6. The Labute approximate surface area is 178 Å². The number of nitrogens with zero attached hydrogens (tertiary/aromatic N) is 2. The fourth-order valence-corrected chi connectivity index (χ4v) is 5.05. The van der Waals surface area contributed by atoms with Crippen molar-refractivity contribution in [3.8, 4) is 11.1 Å². The SMILES string of the molecule is NC(=O)C1(Cc2ccc(-c3ccncc3)cc2)CCN(C(=O)CCC2CCCC2)C1. The third kappa shape index (κ3) is 4.55. The van der Waals surface area contributed by atoms with Crippen LogP contribution in [0, 0.1) is 11.3 Å². The van der Waals surface area contributed by atoms with E-state index >= 15 is 0 Å². The largest absolute Gasteiger partial charge is 0.369 e. The van der Waals surface area contributed by atoms with Crippen LogP contribution in [0.1, 0.15) is 50.5 Å². The first-order valence-corrected chi connectivity index (χ1v) is 11.1. The van der Waals surface area contributed by atoms with E-state index < -0.39 is 5.41 Å². The molecule has 1 aliphatic heterocycles. The molecule has 1 unspecified atom stereocenters. The molecule has 2 aliphatic rings. The van der Waals surface area contributed by atoms with Crippen LogP contribution in [-0.2, 0) is 16.0 Å². The molecule has 1 aromatic carbocycles. The van der Waals surface area contributed by atoms with Gasteiger partial charge < -0.3 is 10.6 Å². The first-order valence-electron chi connectivity index (χ1n) is 11.1. The maximum absolute atomic E-state index is 12.7. The van der Waals surface area contributed by atoms with Crippen LogP contribution in [0.5, 0.6) is 0 Å². The van der Waals surface area contributed by atoms with Crippen molar-refractivity contribution in [1.29, 1.82) is 0 Å². The first-order chi connectivity index (χ1) is 14.6. The highest BCUT2D eigenvalue weighted by atomic mass is 16.2. The van der Waals surface area contributed by atoms with E-state index in [4.69, 9.17) is 5.73 Å². The van der Waals surface area contributed by atoms with Crippen LogP contribution in [0.3, 0.4) is 0 Å². The Hall–Kier alpha value is -2.69. The lowest BCUT2D eigenvalue weighted by molar-refractivity contribution is -0.132. The summed E-state index contributed by atoms with van der Waals surface area (Å²) in [5.74, 6) is 0.584. The van der Waals surface area contributed by atoms with E-state index in [-0.39, 0.29) is 11.8 Å². The predicted molar refractivity (Wildman–Crippen MR) is 117 cm³/mol. The van der Waals surface area contributed by atoms with Crippen LogP contribution in [-0.4, -0.2) is 34.8 Å². The molecule has 5 heteroatoms. The minimum absolute atomic E-state index is 0.179. The van der Waals surface area contributed by atoms with Crippen molar-refractivity contribution < 1.29 is 9.59 Å². The molecule has 1 saturated heterocycles. The standard InChI is InChI=1S/C25H31N3O2/c26-24(30)25(13-16-28(18-25)23(29)10-7-19-3-1-2-4-19)17-20-5-8-21(9-6-20)22-11-14-27-15-12-22/h5-6,8-9,11-12,14-15,19H,1-4,7,10,13,16-18H2,(H2,26,30). The van der Waals surface area contributed by atoms with Crippen molar-refractivity contribution in [2.24, 2.45) is 17.1 Å². The van der Waals surface area contributed by atoms with Crippen molar-refractivity contribution >= 4 is 11.8 Å². The summed E-state index contributed by atoms with van der Waals surface area (Å²) in [6.07, 6.45) is 11.5. The van der Waals surface area contributed by atoms with Crippen molar-refractivity contribution in [3.05, 3.63) is 54.4 Å². The van der Waals surface area contributed by atoms with E-state index in [1.165, 1.54) is 25.7 Å². The Balaban J connectivity index is 1.39. The van der Waals surface area contributed by atoms with E-state index in [1.807, 2.05) is 17.0 Å². The molecule has 4 rings (SSSR count). The van der Waals surface area contributed by atoms with E-state index in [9.17, 15) is 9.59 Å². The number of primary amides is 1. The van der Waals surface area contributed by atoms with Crippen LogP contribution in [0.4, 0.5) is 0 Å². The highest BCUT2D eigenvalue weighted by molar-refractivity contribution is 5.84. The zero-order chi connectivity index (χ0) is 21.0. The molecular formula is C25H31N3O2. The monoisotopic (exact) mass is 405 g/mol. The molecule has 30 heavy (non-hydrogen) atoms. The molecule has 2 fully saturated rings. The summed E-state index contributed by atoms with van der Waals surface area (Å²) in [6.45, 7) is 1.07. The summed E-state index contributed by atoms with van der Waals surface area (Å²) >= 11 is 0. The van der Waals surface area contributed by atoms with Gasteiger partial charge in [0.2, 0.25) is 11.8 Å². The Morgan fingerprint density at radius 3 is 2.37 bits per heavy atom. The summed E-state index contributed by atoms with van der Waals surface area (Å²) in [5.41, 5.74) is 8.49. The summed E-state index contributed by atoms with van der Waals surface area (Å²) in [6, 6.07) is 12.2. The molecule has 1 aromatic heterocycles. The summed E-state index contributed by atoms with van der Waals surface area (Å²) < 4.78 is 0. The topological polar surface area (TPSA) is 76.3 Å². The highest BCUT2D eigenvalue weighted by Gasteiger charge is 2.44. The number of amides is 2. The number of pyridine rings is 1. The van der Waals surface area contributed by atoms with Gasteiger partial charge in [-0.2, -0.15) is 0 Å². The quantitative estimate of drug-likeness (QED) is 0.757. The van der Waals surface area contributed by atoms with Crippen molar-refractivity contribution in [1.82, 2.24) is 9.88 Å². The molecule has 1 aliphatic carbocycles. The van der Waals surface area contributed by atoms with Gasteiger partial charge in [-0.1, -0.05) is 49.9 Å².